The highest BCUT2D eigenvalue weighted by Crippen LogP contribution is 2.64. The van der Waals surface area contributed by atoms with Crippen LogP contribution in [0.15, 0.2) is 12.2 Å². The summed E-state index contributed by atoms with van der Waals surface area (Å²) in [5.41, 5.74) is 3.85. The lowest BCUT2D eigenvalue weighted by atomic mass is 9.45. The van der Waals surface area contributed by atoms with E-state index in [9.17, 15) is 10.5 Å². The van der Waals surface area contributed by atoms with Gasteiger partial charge in [0.2, 0.25) is 0 Å². The van der Waals surface area contributed by atoms with Crippen molar-refractivity contribution in [1.29, 1.82) is 10.5 Å². The topological polar surface area (TPSA) is 106 Å². The average Bonchev–Trinajstić information content (AvgIpc) is 2.76. The maximum absolute atomic E-state index is 9.98. The Morgan fingerprint density at radius 2 is 1.80 bits per heavy atom. The third kappa shape index (κ3) is 0.985. The van der Waals surface area contributed by atoms with Crippen molar-refractivity contribution in [2.45, 2.75) is 18.8 Å². The average molecular weight is 273 g/mol. The molecule has 4 atom stereocenters. The van der Waals surface area contributed by atoms with Crippen molar-refractivity contribution >= 4 is 5.84 Å². The quantitative estimate of drug-likeness (QED) is 0.496. The molecular formula is C14H17N4O2+. The zero-order valence-corrected chi connectivity index (χ0v) is 11.5. The van der Waals surface area contributed by atoms with Crippen LogP contribution in [0.1, 0.15) is 12.8 Å². The summed E-state index contributed by atoms with van der Waals surface area (Å²) in [6.45, 7) is 0. The fourth-order valence-electron chi connectivity index (χ4n) is 4.40. The van der Waals surface area contributed by atoms with E-state index in [1.54, 1.807) is 0 Å². The summed E-state index contributed by atoms with van der Waals surface area (Å²) in [5, 5.41) is 19.9. The van der Waals surface area contributed by atoms with Gasteiger partial charge >= 0.3 is 5.91 Å². The zero-order chi connectivity index (χ0) is 14.6. The highest BCUT2D eigenvalue weighted by molar-refractivity contribution is 5.89. The minimum atomic E-state index is -1.39. The van der Waals surface area contributed by atoms with E-state index in [-0.39, 0.29) is 17.7 Å². The fraction of sp³-hybridized carbons (Fsp3) is 0.643. The van der Waals surface area contributed by atoms with Crippen LogP contribution >= 0.6 is 0 Å². The lowest BCUT2D eigenvalue weighted by Gasteiger charge is -2.52. The Kier molecular flexibility index (Phi) is 2.50. The molecule has 0 radical (unpaired) electrons. The molecule has 6 heteroatoms. The summed E-state index contributed by atoms with van der Waals surface area (Å²) in [4.78, 5) is 2.96. The number of hydrogen-bond donors (Lipinski definition) is 2. The second kappa shape index (κ2) is 3.82. The third-order valence-electron chi connectivity index (χ3n) is 5.27. The van der Waals surface area contributed by atoms with Gasteiger partial charge in [-0.3, -0.25) is 5.73 Å². The van der Waals surface area contributed by atoms with Gasteiger partial charge in [-0.2, -0.15) is 10.5 Å². The molecule has 0 amide bonds. The van der Waals surface area contributed by atoms with Crippen LogP contribution in [-0.2, 0) is 9.47 Å². The van der Waals surface area contributed by atoms with Gasteiger partial charge in [0.15, 0.2) is 10.8 Å². The third-order valence-corrected chi connectivity index (χ3v) is 5.27. The first-order valence-corrected chi connectivity index (χ1v) is 6.60. The van der Waals surface area contributed by atoms with E-state index in [1.807, 2.05) is 12.2 Å². The highest BCUT2D eigenvalue weighted by Gasteiger charge is 2.83. The maximum atomic E-state index is 9.98. The molecule has 2 bridgehead atoms. The normalized spacial score (nSPS) is 43.5. The molecule has 0 saturated heterocycles. The Bertz CT molecular complexity index is 595. The first-order chi connectivity index (χ1) is 9.58. The van der Waals surface area contributed by atoms with E-state index in [1.165, 1.54) is 14.2 Å². The Morgan fingerprint density at radius 3 is 2.25 bits per heavy atom. The highest BCUT2D eigenvalue weighted by atomic mass is 16.7. The van der Waals surface area contributed by atoms with Crippen LogP contribution in [0.5, 0.6) is 0 Å². The van der Waals surface area contributed by atoms with Crippen LogP contribution in [0.2, 0.25) is 0 Å². The standard InChI is InChI=1S/C14H16N4O2/c1-19-14(20-2)13(8-16)10-5-3-9(4-6-10)12(13,7-15)11(17)18-14/h3,5,9-10H,4,6H2,1-2H3,(H2,17,18)/p+1/t9-,10+,12-,13-/m0/s1. The molecule has 3 N–H and O–H groups in total. The number of nitriles is 2. The number of allylic oxidation sites excluding steroid dienone is 2. The second-order valence-corrected chi connectivity index (χ2v) is 5.58. The van der Waals surface area contributed by atoms with Gasteiger partial charge in [-0.15, -0.1) is 0 Å². The van der Waals surface area contributed by atoms with Crippen LogP contribution in [0.4, 0.5) is 0 Å². The molecule has 0 aromatic rings. The maximum Gasteiger partial charge on any atom is 0.342 e. The fourth-order valence-corrected chi connectivity index (χ4v) is 4.40. The molecule has 0 aromatic carbocycles. The number of nitrogens with two attached hydrogens (primary N) is 1. The number of nitrogens with zero attached hydrogens (tertiary/aromatic N) is 2. The molecule has 1 fully saturated rings. The summed E-state index contributed by atoms with van der Waals surface area (Å²) >= 11 is 0. The SMILES string of the molecule is COC1(OC)[NH+]=C(N)[C@]2(C#N)[C@H]3C=C[C@H](CC3)[C@]12C#N. The Hall–Kier alpha value is -1.89. The van der Waals surface area contributed by atoms with E-state index in [4.69, 9.17) is 15.2 Å². The summed E-state index contributed by atoms with van der Waals surface area (Å²) in [6, 6.07) is 4.66. The molecule has 0 aromatic heterocycles. The van der Waals surface area contributed by atoms with Gasteiger partial charge in [0, 0.05) is 26.1 Å². The molecule has 0 spiro atoms. The monoisotopic (exact) mass is 273 g/mol. The van der Waals surface area contributed by atoms with E-state index < -0.39 is 16.7 Å². The van der Waals surface area contributed by atoms with Crippen LogP contribution < -0.4 is 10.7 Å². The predicted molar refractivity (Wildman–Crippen MR) is 68.4 cm³/mol. The van der Waals surface area contributed by atoms with E-state index >= 15 is 0 Å². The number of amidine groups is 1. The smallest absolute Gasteiger partial charge is 0.317 e. The van der Waals surface area contributed by atoms with Crippen LogP contribution in [-0.4, -0.2) is 26.0 Å². The largest absolute Gasteiger partial charge is 0.342 e. The number of fused-ring (bicyclic) bond motifs is 1. The first-order valence-electron chi connectivity index (χ1n) is 6.60. The predicted octanol–water partition coefficient (Wildman–Crippen LogP) is -1.000. The summed E-state index contributed by atoms with van der Waals surface area (Å²) in [6.07, 6.45) is 5.66. The summed E-state index contributed by atoms with van der Waals surface area (Å²) in [7, 11) is 2.92. The number of rotatable bonds is 2. The molecule has 0 unspecified atom stereocenters. The molecule has 4 rings (SSSR count). The number of ether oxygens (including phenoxy) is 2. The van der Waals surface area contributed by atoms with Gasteiger partial charge in [-0.25, -0.2) is 4.99 Å². The molecule has 3 aliphatic carbocycles. The van der Waals surface area contributed by atoms with Gasteiger partial charge in [0.05, 0.1) is 12.1 Å². The van der Waals surface area contributed by atoms with E-state index in [0.717, 1.165) is 12.8 Å². The van der Waals surface area contributed by atoms with Gasteiger partial charge in [0.1, 0.15) is 0 Å². The lowest BCUT2D eigenvalue weighted by Crippen LogP contribution is -2.90. The second-order valence-electron chi connectivity index (χ2n) is 5.58. The molecule has 1 saturated carbocycles. The van der Waals surface area contributed by atoms with E-state index in [0.29, 0.717) is 0 Å². The first kappa shape index (κ1) is 13.1. The number of hydrogen-bond acceptors (Lipinski definition) is 5. The molecule has 1 heterocycles. The Morgan fingerprint density at radius 1 is 1.20 bits per heavy atom. The van der Waals surface area contributed by atoms with Crippen molar-refractivity contribution in [2.24, 2.45) is 28.4 Å². The van der Waals surface area contributed by atoms with Crippen molar-refractivity contribution in [1.82, 2.24) is 0 Å². The minimum absolute atomic E-state index is 0.100. The Balaban J connectivity index is 2.37. The molecule has 6 nitrogen and oxygen atoms in total. The van der Waals surface area contributed by atoms with Gasteiger partial charge in [0.25, 0.3) is 5.84 Å². The van der Waals surface area contributed by atoms with Crippen molar-refractivity contribution in [3.63, 3.8) is 0 Å². The molecule has 4 aliphatic rings. The van der Waals surface area contributed by atoms with Crippen LogP contribution in [0.3, 0.4) is 0 Å². The number of methoxy groups -OCH3 is 2. The van der Waals surface area contributed by atoms with Crippen molar-refractivity contribution < 1.29 is 14.5 Å². The zero-order valence-electron chi connectivity index (χ0n) is 11.5. The lowest BCUT2D eigenvalue weighted by molar-refractivity contribution is -0.693. The van der Waals surface area contributed by atoms with Crippen molar-refractivity contribution in [2.75, 3.05) is 14.2 Å². The minimum Gasteiger partial charge on any atom is -0.317 e. The summed E-state index contributed by atoms with van der Waals surface area (Å²) < 4.78 is 11.0. The number of nitrogens with one attached hydrogen (secondary N) is 1. The Labute approximate surface area is 117 Å². The molecule has 104 valence electrons. The van der Waals surface area contributed by atoms with Crippen molar-refractivity contribution in [3.8, 4) is 12.1 Å². The summed E-state index contributed by atoms with van der Waals surface area (Å²) in [5.74, 6) is -1.36. The van der Waals surface area contributed by atoms with E-state index in [2.05, 4.69) is 17.1 Å². The molecular weight excluding hydrogens is 256 g/mol. The van der Waals surface area contributed by atoms with Gasteiger partial charge in [-0.05, 0) is 12.8 Å². The van der Waals surface area contributed by atoms with Gasteiger partial charge in [-0.1, -0.05) is 12.2 Å². The van der Waals surface area contributed by atoms with Crippen LogP contribution in [0.25, 0.3) is 0 Å². The molecule has 1 aliphatic heterocycles. The van der Waals surface area contributed by atoms with Gasteiger partial charge < -0.3 is 9.47 Å². The molecule has 20 heavy (non-hydrogen) atoms. The van der Waals surface area contributed by atoms with Crippen LogP contribution in [0, 0.1) is 45.3 Å². The van der Waals surface area contributed by atoms with Crippen molar-refractivity contribution in [3.05, 3.63) is 12.2 Å².